The SMILES string of the molecule is C#C/C(=C\C=C(/C)c1ccccc1)c1cccc(O)c1. The van der Waals surface area contributed by atoms with Gasteiger partial charge in [0.15, 0.2) is 0 Å². The van der Waals surface area contributed by atoms with Crippen molar-refractivity contribution in [2.45, 2.75) is 6.92 Å². The molecule has 2 rings (SSSR count). The summed E-state index contributed by atoms with van der Waals surface area (Å²) in [6.45, 7) is 2.04. The Morgan fingerprint density at radius 2 is 1.70 bits per heavy atom. The molecule has 1 N–H and O–H groups in total. The van der Waals surface area contributed by atoms with Crippen molar-refractivity contribution in [3.8, 4) is 18.1 Å². The fraction of sp³-hybridized carbons (Fsp3) is 0.0526. The molecule has 1 nitrogen and oxygen atoms in total. The van der Waals surface area contributed by atoms with Crippen molar-refractivity contribution < 1.29 is 5.11 Å². The van der Waals surface area contributed by atoms with Crippen LogP contribution in [0.4, 0.5) is 0 Å². The lowest BCUT2D eigenvalue weighted by Gasteiger charge is -2.02. The molecule has 0 aliphatic carbocycles. The number of terminal acetylenes is 1. The number of hydrogen-bond donors (Lipinski definition) is 1. The van der Waals surface area contributed by atoms with E-state index in [0.717, 1.165) is 22.3 Å². The molecule has 0 bridgehead atoms. The van der Waals surface area contributed by atoms with Crippen molar-refractivity contribution >= 4 is 11.1 Å². The Bertz CT molecular complexity index is 685. The van der Waals surface area contributed by atoms with Crippen molar-refractivity contribution in [2.24, 2.45) is 0 Å². The van der Waals surface area contributed by atoms with Crippen molar-refractivity contribution in [1.29, 1.82) is 0 Å². The molecule has 0 aliphatic heterocycles. The fourth-order valence-electron chi connectivity index (χ4n) is 1.91. The number of benzene rings is 2. The molecular formula is C19H16O. The Kier molecular flexibility index (Phi) is 4.42. The Morgan fingerprint density at radius 3 is 2.35 bits per heavy atom. The summed E-state index contributed by atoms with van der Waals surface area (Å²) in [6.07, 6.45) is 9.45. The minimum absolute atomic E-state index is 0.215. The fourth-order valence-corrected chi connectivity index (χ4v) is 1.91. The highest BCUT2D eigenvalue weighted by Gasteiger charge is 1.99. The zero-order chi connectivity index (χ0) is 14.4. The van der Waals surface area contributed by atoms with Crippen LogP contribution in [0.1, 0.15) is 18.1 Å². The van der Waals surface area contributed by atoms with Crippen LogP contribution >= 0.6 is 0 Å². The zero-order valence-electron chi connectivity index (χ0n) is 11.4. The molecule has 0 radical (unpaired) electrons. The van der Waals surface area contributed by atoms with Gasteiger partial charge in [-0.1, -0.05) is 54.5 Å². The maximum absolute atomic E-state index is 9.50. The minimum atomic E-state index is 0.215. The molecule has 0 amide bonds. The van der Waals surface area contributed by atoms with E-state index in [1.807, 2.05) is 43.3 Å². The quantitative estimate of drug-likeness (QED) is 0.635. The molecule has 0 spiro atoms. The molecule has 0 aromatic heterocycles. The first kappa shape index (κ1) is 13.7. The second-order valence-corrected chi connectivity index (χ2v) is 4.49. The molecule has 20 heavy (non-hydrogen) atoms. The Hall–Kier alpha value is -2.72. The molecule has 0 saturated heterocycles. The molecule has 98 valence electrons. The second-order valence-electron chi connectivity index (χ2n) is 4.49. The standard InChI is InChI=1S/C19H16O/c1-3-16(18-10-7-11-19(20)14-18)13-12-15(2)17-8-5-4-6-9-17/h1,4-14,20H,2H3/b15-12+,16-13+. The van der Waals surface area contributed by atoms with Crippen LogP contribution in [0.3, 0.4) is 0 Å². The van der Waals surface area contributed by atoms with E-state index in [2.05, 4.69) is 18.1 Å². The van der Waals surface area contributed by atoms with Crippen LogP contribution in [0.5, 0.6) is 5.75 Å². The van der Waals surface area contributed by atoms with Gasteiger partial charge in [-0.25, -0.2) is 0 Å². The van der Waals surface area contributed by atoms with Gasteiger partial charge in [0.1, 0.15) is 5.75 Å². The third kappa shape index (κ3) is 3.40. The number of aromatic hydroxyl groups is 1. The second kappa shape index (κ2) is 6.45. The van der Waals surface area contributed by atoms with Gasteiger partial charge >= 0.3 is 0 Å². The topological polar surface area (TPSA) is 20.2 Å². The van der Waals surface area contributed by atoms with Crippen LogP contribution in [-0.4, -0.2) is 5.11 Å². The van der Waals surface area contributed by atoms with Gasteiger partial charge in [0, 0.05) is 5.57 Å². The van der Waals surface area contributed by atoms with E-state index in [1.165, 1.54) is 0 Å². The van der Waals surface area contributed by atoms with Gasteiger partial charge in [-0.05, 0) is 41.8 Å². The zero-order valence-corrected chi connectivity index (χ0v) is 11.4. The lowest BCUT2D eigenvalue weighted by molar-refractivity contribution is 0.475. The van der Waals surface area contributed by atoms with E-state index in [1.54, 1.807) is 18.2 Å². The maximum atomic E-state index is 9.50. The van der Waals surface area contributed by atoms with Crippen LogP contribution in [0.15, 0.2) is 66.7 Å². The van der Waals surface area contributed by atoms with Crippen LogP contribution in [0.2, 0.25) is 0 Å². The summed E-state index contributed by atoms with van der Waals surface area (Å²) in [5.41, 5.74) is 3.88. The Balaban J connectivity index is 2.31. The average molecular weight is 260 g/mol. The first-order valence-corrected chi connectivity index (χ1v) is 6.41. The van der Waals surface area contributed by atoms with E-state index in [9.17, 15) is 5.11 Å². The lowest BCUT2D eigenvalue weighted by Crippen LogP contribution is -1.81. The number of hydrogen-bond acceptors (Lipinski definition) is 1. The van der Waals surface area contributed by atoms with E-state index in [4.69, 9.17) is 6.42 Å². The van der Waals surface area contributed by atoms with E-state index in [0.29, 0.717) is 0 Å². The highest BCUT2D eigenvalue weighted by Crippen LogP contribution is 2.20. The lowest BCUT2D eigenvalue weighted by atomic mass is 10.0. The third-order valence-electron chi connectivity index (χ3n) is 3.04. The molecule has 0 atom stereocenters. The number of phenols is 1. The molecule has 2 aromatic carbocycles. The van der Waals surface area contributed by atoms with Gasteiger partial charge < -0.3 is 5.11 Å². The smallest absolute Gasteiger partial charge is 0.116 e. The van der Waals surface area contributed by atoms with Gasteiger partial charge in [0.05, 0.1) is 0 Å². The van der Waals surface area contributed by atoms with E-state index < -0.39 is 0 Å². The van der Waals surface area contributed by atoms with Crippen LogP contribution in [-0.2, 0) is 0 Å². The van der Waals surface area contributed by atoms with Gasteiger partial charge in [0.2, 0.25) is 0 Å². The summed E-state index contributed by atoms with van der Waals surface area (Å²) in [6, 6.07) is 17.1. The first-order valence-electron chi connectivity index (χ1n) is 6.41. The Labute approximate surface area is 119 Å². The molecular weight excluding hydrogens is 244 g/mol. The molecule has 1 heteroatoms. The van der Waals surface area contributed by atoms with Crippen molar-refractivity contribution in [3.63, 3.8) is 0 Å². The summed E-state index contributed by atoms with van der Waals surface area (Å²) in [7, 11) is 0. The highest BCUT2D eigenvalue weighted by atomic mass is 16.3. The predicted molar refractivity (Wildman–Crippen MR) is 85.0 cm³/mol. The molecule has 0 fully saturated rings. The predicted octanol–water partition coefficient (Wildman–Crippen LogP) is 4.51. The third-order valence-corrected chi connectivity index (χ3v) is 3.04. The van der Waals surface area contributed by atoms with Gasteiger partial charge in [-0.3, -0.25) is 0 Å². The summed E-state index contributed by atoms with van der Waals surface area (Å²) < 4.78 is 0. The molecule has 0 aliphatic rings. The van der Waals surface area contributed by atoms with Crippen molar-refractivity contribution in [2.75, 3.05) is 0 Å². The van der Waals surface area contributed by atoms with Crippen LogP contribution in [0.25, 0.3) is 11.1 Å². The molecule has 0 heterocycles. The van der Waals surface area contributed by atoms with E-state index >= 15 is 0 Å². The monoisotopic (exact) mass is 260 g/mol. The summed E-state index contributed by atoms with van der Waals surface area (Å²) in [5, 5.41) is 9.50. The highest BCUT2D eigenvalue weighted by molar-refractivity contribution is 5.81. The minimum Gasteiger partial charge on any atom is -0.508 e. The van der Waals surface area contributed by atoms with Gasteiger partial charge in [0.25, 0.3) is 0 Å². The van der Waals surface area contributed by atoms with E-state index in [-0.39, 0.29) is 5.75 Å². The summed E-state index contributed by atoms with van der Waals surface area (Å²) >= 11 is 0. The van der Waals surface area contributed by atoms with Gasteiger partial charge in [-0.15, -0.1) is 6.42 Å². The molecule has 0 saturated carbocycles. The summed E-state index contributed by atoms with van der Waals surface area (Å²) in [4.78, 5) is 0. The molecule has 2 aromatic rings. The average Bonchev–Trinajstić information content (AvgIpc) is 2.48. The number of allylic oxidation sites excluding steroid dienone is 4. The number of rotatable bonds is 3. The largest absolute Gasteiger partial charge is 0.508 e. The number of phenolic OH excluding ortho intramolecular Hbond substituents is 1. The summed E-state index contributed by atoms with van der Waals surface area (Å²) in [5.74, 6) is 2.87. The van der Waals surface area contributed by atoms with Gasteiger partial charge in [-0.2, -0.15) is 0 Å². The first-order chi connectivity index (χ1) is 9.70. The normalized spacial score (nSPS) is 12.0. The van der Waals surface area contributed by atoms with Crippen molar-refractivity contribution in [3.05, 3.63) is 77.9 Å². The molecule has 0 unspecified atom stereocenters. The maximum Gasteiger partial charge on any atom is 0.116 e. The van der Waals surface area contributed by atoms with Crippen molar-refractivity contribution in [1.82, 2.24) is 0 Å². The van der Waals surface area contributed by atoms with Crippen LogP contribution < -0.4 is 0 Å². The Morgan fingerprint density at radius 1 is 1.00 bits per heavy atom. The van der Waals surface area contributed by atoms with Crippen LogP contribution in [0, 0.1) is 12.3 Å².